The second-order valence-corrected chi connectivity index (χ2v) is 3.46. The molecule has 2 nitrogen and oxygen atoms in total. The van der Waals surface area contributed by atoms with Crippen molar-refractivity contribution in [3.8, 4) is 0 Å². The van der Waals surface area contributed by atoms with E-state index < -0.39 is 11.7 Å². The van der Waals surface area contributed by atoms with Gasteiger partial charge >= 0.3 is 0 Å². The number of aliphatic hydroxyl groups excluding tert-OH is 1. The van der Waals surface area contributed by atoms with E-state index in [1.165, 1.54) is 0 Å². The number of fused-ring (bicyclic) bond motifs is 2. The van der Waals surface area contributed by atoms with Crippen LogP contribution in [0, 0.1) is 5.92 Å². The normalized spacial score (nSPS) is 56.7. The predicted octanol–water partition coefficient (Wildman–Crippen LogP) is 0.282. The van der Waals surface area contributed by atoms with Crippen LogP contribution < -0.4 is 0 Å². The molecule has 0 saturated heterocycles. The molecule has 0 aromatic rings. The second kappa shape index (κ2) is 1.50. The molecule has 0 amide bonds. The van der Waals surface area contributed by atoms with Crippen LogP contribution in [-0.2, 0) is 0 Å². The van der Waals surface area contributed by atoms with Crippen LogP contribution in [0.25, 0.3) is 0 Å². The van der Waals surface area contributed by atoms with Crippen LogP contribution in [0.2, 0.25) is 0 Å². The summed E-state index contributed by atoms with van der Waals surface area (Å²) in [7, 11) is 0. The minimum atomic E-state index is -0.676. The highest BCUT2D eigenvalue weighted by molar-refractivity contribution is 5.02. The van der Waals surface area contributed by atoms with Crippen LogP contribution in [0.3, 0.4) is 0 Å². The molecule has 0 unspecified atom stereocenters. The largest absolute Gasteiger partial charge is 0.390 e. The van der Waals surface area contributed by atoms with Crippen LogP contribution in [-0.4, -0.2) is 21.9 Å². The summed E-state index contributed by atoms with van der Waals surface area (Å²) in [6.45, 7) is 0. The highest BCUT2D eigenvalue weighted by Gasteiger charge is 2.50. The summed E-state index contributed by atoms with van der Waals surface area (Å²) in [5, 5.41) is 18.8. The Morgan fingerprint density at radius 1 is 1.44 bits per heavy atom. The Morgan fingerprint density at radius 2 is 2.22 bits per heavy atom. The minimum Gasteiger partial charge on any atom is -0.390 e. The van der Waals surface area contributed by atoms with Gasteiger partial charge in [0.05, 0.1) is 11.7 Å². The molecule has 2 aliphatic carbocycles. The van der Waals surface area contributed by atoms with Crippen LogP contribution >= 0.6 is 0 Å². The monoisotopic (exact) mass is 128 g/mol. The van der Waals surface area contributed by atoms with E-state index in [0.717, 1.165) is 25.7 Å². The van der Waals surface area contributed by atoms with Gasteiger partial charge in [0, 0.05) is 0 Å². The van der Waals surface area contributed by atoms with Crippen LogP contribution in [0.4, 0.5) is 0 Å². The maximum Gasteiger partial charge on any atom is 0.0908 e. The molecule has 2 fully saturated rings. The van der Waals surface area contributed by atoms with E-state index in [1.807, 2.05) is 0 Å². The van der Waals surface area contributed by atoms with Crippen molar-refractivity contribution in [3.05, 3.63) is 0 Å². The van der Waals surface area contributed by atoms with E-state index in [2.05, 4.69) is 0 Å². The van der Waals surface area contributed by atoms with Gasteiger partial charge in [-0.3, -0.25) is 0 Å². The van der Waals surface area contributed by atoms with Crippen molar-refractivity contribution in [2.75, 3.05) is 0 Å². The van der Waals surface area contributed by atoms with Gasteiger partial charge in [0.2, 0.25) is 0 Å². The molecular formula is C7H12O2. The third-order valence-corrected chi connectivity index (χ3v) is 2.80. The summed E-state index contributed by atoms with van der Waals surface area (Å²) in [5.41, 5.74) is -0.676. The molecule has 2 N–H and O–H groups in total. The molecule has 2 saturated carbocycles. The molecule has 0 spiro atoms. The Kier molecular flexibility index (Phi) is 0.945. The van der Waals surface area contributed by atoms with Crippen LogP contribution in [0.15, 0.2) is 0 Å². The quantitative estimate of drug-likeness (QED) is 0.492. The van der Waals surface area contributed by atoms with Gasteiger partial charge in [0.25, 0.3) is 0 Å². The maximum absolute atomic E-state index is 9.56. The number of hydrogen-bond acceptors (Lipinski definition) is 2. The lowest BCUT2D eigenvalue weighted by molar-refractivity contribution is -0.0561. The lowest BCUT2D eigenvalue weighted by atomic mass is 9.94. The molecule has 3 atom stereocenters. The number of rotatable bonds is 0. The minimum absolute atomic E-state index is 0.420. The van der Waals surface area contributed by atoms with Gasteiger partial charge in [-0.25, -0.2) is 0 Å². The summed E-state index contributed by atoms with van der Waals surface area (Å²) in [5.74, 6) is 0.616. The van der Waals surface area contributed by atoms with Crippen molar-refractivity contribution in [2.45, 2.75) is 37.4 Å². The van der Waals surface area contributed by atoms with E-state index in [0.29, 0.717) is 5.92 Å². The first-order valence-electron chi connectivity index (χ1n) is 3.61. The zero-order valence-electron chi connectivity index (χ0n) is 5.38. The fourth-order valence-electron chi connectivity index (χ4n) is 2.20. The molecule has 0 aromatic carbocycles. The summed E-state index contributed by atoms with van der Waals surface area (Å²) in [6, 6.07) is 0. The highest BCUT2D eigenvalue weighted by Crippen LogP contribution is 2.47. The van der Waals surface area contributed by atoms with Crippen molar-refractivity contribution in [1.82, 2.24) is 0 Å². The Labute approximate surface area is 54.5 Å². The highest BCUT2D eigenvalue weighted by atomic mass is 16.3. The van der Waals surface area contributed by atoms with E-state index in [-0.39, 0.29) is 0 Å². The topological polar surface area (TPSA) is 40.5 Å². The first kappa shape index (κ1) is 5.69. The van der Waals surface area contributed by atoms with Crippen molar-refractivity contribution >= 4 is 0 Å². The molecule has 2 heteroatoms. The lowest BCUT2D eigenvalue weighted by Gasteiger charge is -2.24. The second-order valence-electron chi connectivity index (χ2n) is 3.46. The van der Waals surface area contributed by atoms with Crippen molar-refractivity contribution < 1.29 is 10.2 Å². The number of hydrogen-bond donors (Lipinski definition) is 2. The molecule has 0 heterocycles. The third-order valence-electron chi connectivity index (χ3n) is 2.80. The standard InChI is InChI=1S/C7H12O2/c8-6-3-5-1-2-7(6,9)4-5/h5-6,8-9H,1-4H2/t5-,6+,7+/m1/s1. The summed E-state index contributed by atoms with van der Waals surface area (Å²) in [4.78, 5) is 0. The fraction of sp³-hybridized carbons (Fsp3) is 1.00. The zero-order chi connectivity index (χ0) is 6.48. The molecule has 0 aromatic heterocycles. The molecule has 0 radical (unpaired) electrons. The Morgan fingerprint density at radius 3 is 2.44 bits per heavy atom. The lowest BCUT2D eigenvalue weighted by Crippen LogP contribution is -2.36. The molecule has 2 aliphatic rings. The Balaban J connectivity index is 2.22. The summed E-state index contributed by atoms with van der Waals surface area (Å²) in [6.07, 6.45) is 3.19. The Hall–Kier alpha value is -0.0800. The third kappa shape index (κ3) is 0.634. The van der Waals surface area contributed by atoms with Crippen molar-refractivity contribution in [2.24, 2.45) is 5.92 Å². The van der Waals surface area contributed by atoms with Gasteiger partial charge in [-0.15, -0.1) is 0 Å². The van der Waals surface area contributed by atoms with Crippen LogP contribution in [0.5, 0.6) is 0 Å². The molecular weight excluding hydrogens is 116 g/mol. The van der Waals surface area contributed by atoms with Gasteiger partial charge in [-0.1, -0.05) is 0 Å². The van der Waals surface area contributed by atoms with Gasteiger partial charge in [0.1, 0.15) is 0 Å². The van der Waals surface area contributed by atoms with Gasteiger partial charge in [0.15, 0.2) is 0 Å². The van der Waals surface area contributed by atoms with Crippen molar-refractivity contribution in [1.29, 1.82) is 0 Å². The average Bonchev–Trinajstić information content (AvgIpc) is 2.22. The van der Waals surface area contributed by atoms with Gasteiger partial charge in [-0.2, -0.15) is 0 Å². The zero-order valence-corrected chi connectivity index (χ0v) is 5.38. The van der Waals surface area contributed by atoms with E-state index in [4.69, 9.17) is 0 Å². The van der Waals surface area contributed by atoms with Gasteiger partial charge < -0.3 is 10.2 Å². The van der Waals surface area contributed by atoms with Crippen molar-refractivity contribution in [3.63, 3.8) is 0 Å². The molecule has 2 bridgehead atoms. The molecule has 0 aliphatic heterocycles. The van der Waals surface area contributed by atoms with Gasteiger partial charge in [-0.05, 0) is 31.6 Å². The predicted molar refractivity (Wildman–Crippen MR) is 32.9 cm³/mol. The van der Waals surface area contributed by atoms with E-state index in [1.54, 1.807) is 0 Å². The average molecular weight is 128 g/mol. The first-order valence-corrected chi connectivity index (χ1v) is 3.61. The Bertz CT molecular complexity index is 135. The molecule has 52 valence electrons. The van der Waals surface area contributed by atoms with E-state index in [9.17, 15) is 10.2 Å². The van der Waals surface area contributed by atoms with E-state index >= 15 is 0 Å². The summed E-state index contributed by atoms with van der Waals surface area (Å²) < 4.78 is 0. The smallest absolute Gasteiger partial charge is 0.0908 e. The fourth-order valence-corrected chi connectivity index (χ4v) is 2.20. The number of aliphatic hydroxyl groups is 2. The summed E-state index contributed by atoms with van der Waals surface area (Å²) >= 11 is 0. The first-order chi connectivity index (χ1) is 4.21. The maximum atomic E-state index is 9.56. The SMILES string of the molecule is O[C@H]1C[C@H]2CC[C@]1(O)C2. The van der Waals surface area contributed by atoms with Crippen LogP contribution in [0.1, 0.15) is 25.7 Å². The molecule has 2 rings (SSSR count). The molecule has 9 heavy (non-hydrogen) atoms.